The van der Waals surface area contributed by atoms with E-state index in [0.29, 0.717) is 6.04 Å². The van der Waals surface area contributed by atoms with Crippen LogP contribution in [0, 0.1) is 0 Å². The van der Waals surface area contributed by atoms with E-state index < -0.39 is 0 Å². The van der Waals surface area contributed by atoms with Crippen LogP contribution < -0.4 is 5.32 Å². The molecule has 1 aliphatic rings. The SMILES string of the molecule is CCCCOC/C(C)=C/[C@H]1COC(C)(C)N1. The maximum atomic E-state index is 5.60. The van der Waals surface area contributed by atoms with Crippen LogP contribution in [0.4, 0.5) is 0 Å². The molecule has 3 nitrogen and oxygen atoms in total. The van der Waals surface area contributed by atoms with Crippen LogP contribution in [0.5, 0.6) is 0 Å². The van der Waals surface area contributed by atoms with Gasteiger partial charge >= 0.3 is 0 Å². The molecule has 0 aromatic carbocycles. The molecule has 94 valence electrons. The van der Waals surface area contributed by atoms with Gasteiger partial charge in [0.2, 0.25) is 0 Å². The van der Waals surface area contributed by atoms with Crippen LogP contribution >= 0.6 is 0 Å². The van der Waals surface area contributed by atoms with Gasteiger partial charge in [-0.3, -0.25) is 5.32 Å². The first-order chi connectivity index (χ1) is 7.53. The number of unbranched alkanes of at least 4 members (excludes halogenated alkanes) is 1. The Bertz CT molecular complexity index is 236. The van der Waals surface area contributed by atoms with Crippen molar-refractivity contribution in [3.8, 4) is 0 Å². The molecular weight excluding hydrogens is 202 g/mol. The summed E-state index contributed by atoms with van der Waals surface area (Å²) in [5.74, 6) is 0. The Morgan fingerprint density at radius 2 is 2.31 bits per heavy atom. The number of ether oxygens (including phenoxy) is 2. The topological polar surface area (TPSA) is 30.5 Å². The second-order valence-electron chi connectivity index (χ2n) is 4.99. The molecule has 1 aliphatic heterocycles. The van der Waals surface area contributed by atoms with Gasteiger partial charge in [0, 0.05) is 6.61 Å². The summed E-state index contributed by atoms with van der Waals surface area (Å²) in [5.41, 5.74) is 1.08. The predicted molar refractivity (Wildman–Crippen MR) is 66.4 cm³/mol. The van der Waals surface area contributed by atoms with Crippen LogP contribution in [0.1, 0.15) is 40.5 Å². The van der Waals surface area contributed by atoms with Gasteiger partial charge in [-0.1, -0.05) is 25.0 Å². The second-order valence-corrected chi connectivity index (χ2v) is 4.99. The van der Waals surface area contributed by atoms with Crippen LogP contribution in [-0.2, 0) is 9.47 Å². The van der Waals surface area contributed by atoms with E-state index in [-0.39, 0.29) is 5.72 Å². The molecular formula is C13H25NO2. The number of nitrogens with one attached hydrogen (secondary N) is 1. The van der Waals surface area contributed by atoms with Crippen molar-refractivity contribution in [1.82, 2.24) is 5.32 Å². The molecule has 1 heterocycles. The third-order valence-corrected chi connectivity index (χ3v) is 2.61. The third kappa shape index (κ3) is 5.10. The van der Waals surface area contributed by atoms with E-state index in [9.17, 15) is 0 Å². The van der Waals surface area contributed by atoms with Crippen LogP contribution in [0.25, 0.3) is 0 Å². The first-order valence-corrected chi connectivity index (χ1v) is 6.20. The summed E-state index contributed by atoms with van der Waals surface area (Å²) >= 11 is 0. The average Bonchev–Trinajstić information content (AvgIpc) is 2.53. The Hall–Kier alpha value is -0.380. The molecule has 1 rings (SSSR count). The van der Waals surface area contributed by atoms with E-state index in [4.69, 9.17) is 9.47 Å². The molecule has 0 unspecified atom stereocenters. The zero-order chi connectivity index (χ0) is 12.0. The van der Waals surface area contributed by atoms with E-state index in [1.54, 1.807) is 0 Å². The normalized spacial score (nSPS) is 25.0. The fraction of sp³-hybridized carbons (Fsp3) is 0.846. The van der Waals surface area contributed by atoms with Crippen LogP contribution in [0.2, 0.25) is 0 Å². The molecule has 1 N–H and O–H groups in total. The first kappa shape index (κ1) is 13.7. The third-order valence-electron chi connectivity index (χ3n) is 2.61. The molecule has 0 bridgehead atoms. The van der Waals surface area contributed by atoms with Crippen molar-refractivity contribution in [3.05, 3.63) is 11.6 Å². The Morgan fingerprint density at radius 1 is 1.56 bits per heavy atom. The van der Waals surface area contributed by atoms with Crippen LogP contribution in [0.3, 0.4) is 0 Å². The quantitative estimate of drug-likeness (QED) is 0.558. The summed E-state index contributed by atoms with van der Waals surface area (Å²) in [6.07, 6.45) is 4.54. The van der Waals surface area contributed by atoms with Gasteiger partial charge in [-0.05, 0) is 27.2 Å². The van der Waals surface area contributed by atoms with Gasteiger partial charge in [0.1, 0.15) is 5.72 Å². The Morgan fingerprint density at radius 3 is 2.88 bits per heavy atom. The summed E-state index contributed by atoms with van der Waals surface area (Å²) in [5, 5.41) is 3.41. The van der Waals surface area contributed by atoms with E-state index in [0.717, 1.165) is 26.2 Å². The monoisotopic (exact) mass is 227 g/mol. The smallest absolute Gasteiger partial charge is 0.114 e. The van der Waals surface area contributed by atoms with Crippen molar-refractivity contribution in [2.75, 3.05) is 19.8 Å². The van der Waals surface area contributed by atoms with E-state index in [1.807, 2.05) is 13.8 Å². The lowest BCUT2D eigenvalue weighted by molar-refractivity contribution is 0.0232. The molecule has 0 amide bonds. The second kappa shape index (κ2) is 6.38. The molecule has 0 aromatic rings. The van der Waals surface area contributed by atoms with Gasteiger partial charge in [0.25, 0.3) is 0 Å². The molecule has 1 fully saturated rings. The van der Waals surface area contributed by atoms with Crippen molar-refractivity contribution in [3.63, 3.8) is 0 Å². The lowest BCUT2D eigenvalue weighted by Crippen LogP contribution is -2.37. The van der Waals surface area contributed by atoms with E-state index in [1.165, 1.54) is 12.0 Å². The van der Waals surface area contributed by atoms with Gasteiger partial charge in [-0.25, -0.2) is 0 Å². The molecule has 0 spiro atoms. The zero-order valence-electron chi connectivity index (χ0n) is 11.0. The van der Waals surface area contributed by atoms with Gasteiger partial charge in [-0.2, -0.15) is 0 Å². The predicted octanol–water partition coefficient (Wildman–Crippen LogP) is 2.47. The van der Waals surface area contributed by atoms with Crippen molar-refractivity contribution in [2.45, 2.75) is 52.3 Å². The lowest BCUT2D eigenvalue weighted by Gasteiger charge is -2.17. The molecule has 3 heteroatoms. The van der Waals surface area contributed by atoms with Crippen LogP contribution in [-0.4, -0.2) is 31.6 Å². The summed E-state index contributed by atoms with van der Waals surface area (Å²) in [6, 6.07) is 0.324. The first-order valence-electron chi connectivity index (χ1n) is 6.20. The minimum absolute atomic E-state index is 0.190. The number of hydrogen-bond acceptors (Lipinski definition) is 3. The van der Waals surface area contributed by atoms with Crippen molar-refractivity contribution < 1.29 is 9.47 Å². The highest BCUT2D eigenvalue weighted by molar-refractivity contribution is 5.07. The lowest BCUT2D eigenvalue weighted by atomic mass is 10.2. The van der Waals surface area contributed by atoms with Gasteiger partial charge < -0.3 is 9.47 Å². The van der Waals surface area contributed by atoms with Crippen molar-refractivity contribution in [2.24, 2.45) is 0 Å². The Kier molecular flexibility index (Phi) is 5.46. The van der Waals surface area contributed by atoms with Gasteiger partial charge in [0.05, 0.1) is 19.3 Å². The number of hydrogen-bond donors (Lipinski definition) is 1. The molecule has 0 aliphatic carbocycles. The Labute approximate surface area is 99.2 Å². The fourth-order valence-electron chi connectivity index (χ4n) is 1.79. The highest BCUT2D eigenvalue weighted by atomic mass is 16.5. The zero-order valence-corrected chi connectivity index (χ0v) is 11.0. The minimum Gasteiger partial charge on any atom is -0.377 e. The molecule has 0 aromatic heterocycles. The largest absolute Gasteiger partial charge is 0.377 e. The maximum absolute atomic E-state index is 5.60. The summed E-state index contributed by atoms with van der Waals surface area (Å²) < 4.78 is 11.2. The standard InChI is InChI=1S/C13H25NO2/c1-5-6-7-15-9-11(2)8-12-10-16-13(3,4)14-12/h8,12,14H,5-7,9-10H2,1-4H3/b11-8+/t12-/m0/s1. The average molecular weight is 227 g/mol. The molecule has 0 saturated carbocycles. The molecule has 1 saturated heterocycles. The summed E-state index contributed by atoms with van der Waals surface area (Å²) in [4.78, 5) is 0. The highest BCUT2D eigenvalue weighted by Gasteiger charge is 2.29. The fourth-order valence-corrected chi connectivity index (χ4v) is 1.79. The Balaban J connectivity index is 2.23. The van der Waals surface area contributed by atoms with Crippen molar-refractivity contribution in [1.29, 1.82) is 0 Å². The number of rotatable bonds is 6. The van der Waals surface area contributed by atoms with Gasteiger partial charge in [0.15, 0.2) is 0 Å². The maximum Gasteiger partial charge on any atom is 0.114 e. The summed E-state index contributed by atoms with van der Waals surface area (Å²) in [7, 11) is 0. The minimum atomic E-state index is -0.190. The van der Waals surface area contributed by atoms with Crippen molar-refractivity contribution >= 4 is 0 Å². The van der Waals surface area contributed by atoms with E-state index in [2.05, 4.69) is 25.2 Å². The summed E-state index contributed by atoms with van der Waals surface area (Å²) in [6.45, 7) is 10.7. The molecule has 0 radical (unpaired) electrons. The highest BCUT2D eigenvalue weighted by Crippen LogP contribution is 2.15. The van der Waals surface area contributed by atoms with Crippen LogP contribution in [0.15, 0.2) is 11.6 Å². The van der Waals surface area contributed by atoms with Gasteiger partial charge in [-0.15, -0.1) is 0 Å². The molecule has 16 heavy (non-hydrogen) atoms. The molecule has 1 atom stereocenters. The van der Waals surface area contributed by atoms with E-state index >= 15 is 0 Å².